The predicted molar refractivity (Wildman–Crippen MR) is 126 cm³/mol. The van der Waals surface area contributed by atoms with Gasteiger partial charge >= 0.3 is 6.03 Å². The zero-order valence-corrected chi connectivity index (χ0v) is 18.8. The van der Waals surface area contributed by atoms with Gasteiger partial charge in [-0.05, 0) is 57.0 Å². The van der Waals surface area contributed by atoms with E-state index in [0.29, 0.717) is 49.0 Å². The van der Waals surface area contributed by atoms with Gasteiger partial charge in [0.25, 0.3) is 0 Å². The number of rotatable bonds is 12. The van der Waals surface area contributed by atoms with Gasteiger partial charge in [0.15, 0.2) is 0 Å². The quantitative estimate of drug-likeness (QED) is 0.380. The molecular formula is C23H37N5O3. The van der Waals surface area contributed by atoms with E-state index in [9.17, 15) is 9.90 Å². The van der Waals surface area contributed by atoms with E-state index < -0.39 is 0 Å². The molecule has 1 aliphatic carbocycles. The minimum Gasteiger partial charge on any atom is -0.490 e. The normalized spacial score (nSPS) is 14.6. The fourth-order valence-electron chi connectivity index (χ4n) is 3.73. The van der Waals surface area contributed by atoms with E-state index >= 15 is 0 Å². The van der Waals surface area contributed by atoms with E-state index in [0.717, 1.165) is 24.9 Å². The first-order valence-electron chi connectivity index (χ1n) is 11.0. The molecule has 2 amide bonds. The van der Waals surface area contributed by atoms with Gasteiger partial charge in [0.05, 0.1) is 5.69 Å². The third-order valence-corrected chi connectivity index (χ3v) is 5.51. The summed E-state index contributed by atoms with van der Waals surface area (Å²) < 4.78 is 5.96. The van der Waals surface area contributed by atoms with Gasteiger partial charge in [-0.15, -0.1) is 0 Å². The SMILES string of the molecule is CN(C)CCOc1cc(/C(C=N)=C/N)ccc1NC(=O)N(CCCO)CC1CCCC1. The van der Waals surface area contributed by atoms with E-state index in [4.69, 9.17) is 15.9 Å². The van der Waals surface area contributed by atoms with Crippen LogP contribution in [0.4, 0.5) is 10.5 Å². The number of ether oxygens (including phenoxy) is 1. The maximum atomic E-state index is 13.1. The van der Waals surface area contributed by atoms with Crippen LogP contribution in [0, 0.1) is 11.3 Å². The Morgan fingerprint density at radius 2 is 2.06 bits per heavy atom. The zero-order chi connectivity index (χ0) is 22.6. The van der Waals surface area contributed by atoms with Gasteiger partial charge in [0, 0.05) is 44.2 Å². The van der Waals surface area contributed by atoms with Gasteiger partial charge in [-0.3, -0.25) is 0 Å². The first-order chi connectivity index (χ1) is 15.0. The Kier molecular flexibility index (Phi) is 10.3. The summed E-state index contributed by atoms with van der Waals surface area (Å²) in [5.74, 6) is 1.06. The standard InChI is InChI=1S/C23H37N5O3/c1-27(2)11-13-31-22-14-19(20(15-24)16-25)8-9-21(22)26-23(30)28(10-5-12-29)17-18-6-3-4-7-18/h8-9,14-16,18,24,29H,3-7,10-13,17,25H2,1-2H3,(H,26,30)/b20-16+,24-15?. The smallest absolute Gasteiger partial charge is 0.321 e. The van der Waals surface area contributed by atoms with E-state index in [1.54, 1.807) is 17.0 Å². The van der Waals surface area contributed by atoms with Crippen LogP contribution in [0.1, 0.15) is 37.7 Å². The number of urea groups is 1. The van der Waals surface area contributed by atoms with E-state index in [-0.39, 0.29) is 12.6 Å². The van der Waals surface area contributed by atoms with Crippen LogP contribution in [0.2, 0.25) is 0 Å². The summed E-state index contributed by atoms with van der Waals surface area (Å²) in [5, 5.41) is 19.8. The molecular weight excluding hydrogens is 394 g/mol. The molecule has 0 aromatic heterocycles. The van der Waals surface area contributed by atoms with Crippen LogP contribution in [0.15, 0.2) is 24.4 Å². The summed E-state index contributed by atoms with van der Waals surface area (Å²) in [4.78, 5) is 16.9. The number of aliphatic hydroxyl groups excluding tert-OH is 1. The summed E-state index contributed by atoms with van der Waals surface area (Å²) in [5.41, 5.74) is 7.53. The molecule has 1 aromatic rings. The van der Waals surface area contributed by atoms with Crippen molar-refractivity contribution >= 4 is 23.5 Å². The average molecular weight is 432 g/mol. The topological polar surface area (TPSA) is 115 Å². The Hall–Kier alpha value is -2.58. The highest BCUT2D eigenvalue weighted by atomic mass is 16.5. The lowest BCUT2D eigenvalue weighted by molar-refractivity contribution is 0.191. The van der Waals surface area contributed by atoms with Gasteiger partial charge in [0.2, 0.25) is 0 Å². The summed E-state index contributed by atoms with van der Waals surface area (Å²) in [7, 11) is 3.93. The summed E-state index contributed by atoms with van der Waals surface area (Å²) in [6.45, 7) is 2.46. The van der Waals surface area contributed by atoms with Gasteiger partial charge in [-0.25, -0.2) is 4.79 Å². The number of hydrogen-bond acceptors (Lipinski definition) is 6. The van der Waals surface area contributed by atoms with Crippen molar-refractivity contribution in [1.82, 2.24) is 9.80 Å². The number of amides is 2. The Labute approximate surface area is 185 Å². The molecule has 1 saturated carbocycles. The van der Waals surface area contributed by atoms with Crippen molar-refractivity contribution in [3.63, 3.8) is 0 Å². The number of benzene rings is 1. The fourth-order valence-corrected chi connectivity index (χ4v) is 3.73. The van der Waals surface area contributed by atoms with E-state index in [1.165, 1.54) is 25.3 Å². The molecule has 0 spiro atoms. The largest absolute Gasteiger partial charge is 0.490 e. The van der Waals surface area contributed by atoms with Crippen LogP contribution in [-0.2, 0) is 0 Å². The van der Waals surface area contributed by atoms with E-state index in [1.807, 2.05) is 25.1 Å². The van der Waals surface area contributed by atoms with Crippen molar-refractivity contribution in [3.05, 3.63) is 30.0 Å². The molecule has 0 saturated heterocycles. The lowest BCUT2D eigenvalue weighted by Gasteiger charge is -2.26. The second-order valence-corrected chi connectivity index (χ2v) is 8.23. The molecule has 31 heavy (non-hydrogen) atoms. The zero-order valence-electron chi connectivity index (χ0n) is 18.8. The van der Waals surface area contributed by atoms with Gasteiger partial charge in [-0.1, -0.05) is 18.9 Å². The van der Waals surface area contributed by atoms with Crippen LogP contribution >= 0.6 is 0 Å². The summed E-state index contributed by atoms with van der Waals surface area (Å²) in [6, 6.07) is 5.20. The average Bonchev–Trinajstić information content (AvgIpc) is 3.26. The van der Waals surface area contributed by atoms with Crippen LogP contribution in [0.3, 0.4) is 0 Å². The third kappa shape index (κ3) is 7.88. The number of hydrogen-bond donors (Lipinski definition) is 4. The number of allylic oxidation sites excluding steroid dienone is 1. The highest BCUT2D eigenvalue weighted by molar-refractivity contribution is 6.08. The Bertz CT molecular complexity index is 745. The lowest BCUT2D eigenvalue weighted by Crippen LogP contribution is -2.39. The Balaban J connectivity index is 2.19. The summed E-state index contributed by atoms with van der Waals surface area (Å²) in [6.07, 6.45) is 7.85. The maximum Gasteiger partial charge on any atom is 0.321 e. The molecule has 1 fully saturated rings. The third-order valence-electron chi connectivity index (χ3n) is 5.51. The number of carbonyl (C=O) groups excluding carboxylic acids is 1. The first kappa shape index (κ1) is 24.7. The van der Waals surface area contributed by atoms with E-state index in [2.05, 4.69) is 5.32 Å². The Morgan fingerprint density at radius 1 is 1.32 bits per heavy atom. The Morgan fingerprint density at radius 3 is 2.68 bits per heavy atom. The first-order valence-corrected chi connectivity index (χ1v) is 11.0. The van der Waals surface area contributed by atoms with Crippen molar-refractivity contribution < 1.29 is 14.6 Å². The summed E-state index contributed by atoms with van der Waals surface area (Å²) >= 11 is 0. The number of nitrogens with one attached hydrogen (secondary N) is 2. The monoisotopic (exact) mass is 431 g/mol. The second kappa shape index (κ2) is 13.0. The molecule has 8 heteroatoms. The molecule has 8 nitrogen and oxygen atoms in total. The van der Waals surface area contributed by atoms with Crippen molar-refractivity contribution in [2.45, 2.75) is 32.1 Å². The van der Waals surface area contributed by atoms with Crippen molar-refractivity contribution in [3.8, 4) is 5.75 Å². The highest BCUT2D eigenvalue weighted by Gasteiger charge is 2.22. The minimum absolute atomic E-state index is 0.0554. The van der Waals surface area contributed by atoms with Crippen molar-refractivity contribution in [2.75, 3.05) is 52.3 Å². The molecule has 0 radical (unpaired) electrons. The number of carbonyl (C=O) groups is 1. The molecule has 0 bridgehead atoms. The fraction of sp³-hybridized carbons (Fsp3) is 0.565. The highest BCUT2D eigenvalue weighted by Crippen LogP contribution is 2.30. The second-order valence-electron chi connectivity index (χ2n) is 8.23. The number of likely N-dealkylation sites (N-methyl/N-ethyl adjacent to an activating group) is 1. The number of nitrogens with zero attached hydrogens (tertiary/aromatic N) is 2. The molecule has 1 aromatic carbocycles. The van der Waals surface area contributed by atoms with Gasteiger partial charge in [0.1, 0.15) is 12.4 Å². The molecule has 0 unspecified atom stereocenters. The molecule has 0 aliphatic heterocycles. The van der Waals surface area contributed by atoms with Gasteiger partial charge in [-0.2, -0.15) is 0 Å². The van der Waals surface area contributed by atoms with Crippen molar-refractivity contribution in [2.24, 2.45) is 11.7 Å². The molecule has 172 valence electrons. The number of aliphatic hydroxyl groups is 1. The predicted octanol–water partition coefficient (Wildman–Crippen LogP) is 2.98. The molecule has 2 rings (SSSR count). The number of anilines is 1. The maximum absolute atomic E-state index is 13.1. The minimum atomic E-state index is -0.188. The number of nitrogens with two attached hydrogens (primary N) is 1. The van der Waals surface area contributed by atoms with Crippen LogP contribution in [0.25, 0.3) is 5.57 Å². The molecule has 5 N–H and O–H groups in total. The van der Waals surface area contributed by atoms with Crippen LogP contribution < -0.4 is 15.8 Å². The van der Waals surface area contributed by atoms with Gasteiger partial charge < -0.3 is 36.1 Å². The molecule has 1 aliphatic rings. The van der Waals surface area contributed by atoms with Crippen LogP contribution in [0.5, 0.6) is 5.75 Å². The molecule has 0 heterocycles. The van der Waals surface area contributed by atoms with Crippen molar-refractivity contribution in [1.29, 1.82) is 5.41 Å². The molecule has 0 atom stereocenters. The lowest BCUT2D eigenvalue weighted by atomic mass is 10.1. The van der Waals surface area contributed by atoms with Crippen LogP contribution in [-0.4, -0.2) is 74.1 Å².